The average molecular weight is 287 g/mol. The fourth-order valence-electron chi connectivity index (χ4n) is 1.88. The molecule has 0 heterocycles. The van der Waals surface area contributed by atoms with E-state index in [1.807, 2.05) is 13.0 Å². The van der Waals surface area contributed by atoms with E-state index >= 15 is 0 Å². The number of ether oxygens (including phenoxy) is 2. The van der Waals surface area contributed by atoms with Crippen molar-refractivity contribution in [2.45, 2.75) is 25.4 Å². The second-order valence-corrected chi connectivity index (χ2v) is 4.94. The van der Waals surface area contributed by atoms with Gasteiger partial charge in [0.2, 0.25) is 0 Å². The molecule has 1 aliphatic carbocycles. The van der Waals surface area contributed by atoms with Crippen LogP contribution in [0.15, 0.2) is 10.5 Å². The van der Waals surface area contributed by atoms with Gasteiger partial charge in [-0.1, -0.05) is 0 Å². The zero-order valence-electron chi connectivity index (χ0n) is 9.63. The lowest BCUT2D eigenvalue weighted by Crippen LogP contribution is -2.10. The van der Waals surface area contributed by atoms with Crippen molar-refractivity contribution in [3.8, 4) is 11.5 Å². The third-order valence-electron chi connectivity index (χ3n) is 2.98. The number of rotatable bonds is 3. The summed E-state index contributed by atoms with van der Waals surface area (Å²) in [5.74, 6) is 1.29. The van der Waals surface area contributed by atoms with Crippen LogP contribution in [0.5, 0.6) is 11.5 Å². The number of halogens is 1. The topological polar surface area (TPSA) is 38.7 Å². The maximum atomic E-state index is 10.3. The molecule has 1 N–H and O–H groups in total. The second kappa shape index (κ2) is 3.93. The maximum Gasteiger partial charge on any atom is 0.167 e. The highest BCUT2D eigenvalue weighted by atomic mass is 79.9. The Balaban J connectivity index is 2.67. The van der Waals surface area contributed by atoms with E-state index in [0.29, 0.717) is 11.5 Å². The molecule has 1 aromatic rings. The van der Waals surface area contributed by atoms with Crippen molar-refractivity contribution < 1.29 is 14.6 Å². The zero-order valence-corrected chi connectivity index (χ0v) is 11.2. The van der Waals surface area contributed by atoms with Crippen molar-refractivity contribution in [1.29, 1.82) is 0 Å². The molecule has 3 nitrogen and oxygen atoms in total. The van der Waals surface area contributed by atoms with Crippen LogP contribution in [-0.4, -0.2) is 19.3 Å². The minimum Gasteiger partial charge on any atom is -0.493 e. The molecule has 1 aromatic carbocycles. The summed E-state index contributed by atoms with van der Waals surface area (Å²) < 4.78 is 11.5. The van der Waals surface area contributed by atoms with Gasteiger partial charge in [-0.05, 0) is 47.3 Å². The molecule has 0 aliphatic heterocycles. The maximum absolute atomic E-state index is 10.3. The normalized spacial score (nSPS) is 17.1. The largest absolute Gasteiger partial charge is 0.493 e. The summed E-state index contributed by atoms with van der Waals surface area (Å²) in [5.41, 5.74) is 1.10. The van der Waals surface area contributed by atoms with Crippen LogP contribution in [0.4, 0.5) is 0 Å². The first-order chi connectivity index (χ1) is 7.53. The van der Waals surface area contributed by atoms with E-state index in [9.17, 15) is 5.11 Å². The van der Waals surface area contributed by atoms with E-state index < -0.39 is 5.60 Å². The first-order valence-corrected chi connectivity index (χ1v) is 5.96. The third kappa shape index (κ3) is 1.70. The van der Waals surface area contributed by atoms with E-state index in [1.54, 1.807) is 14.2 Å². The smallest absolute Gasteiger partial charge is 0.167 e. The van der Waals surface area contributed by atoms with Crippen LogP contribution in [0.3, 0.4) is 0 Å². The standard InChI is InChI=1S/C12H15BrO3/c1-7-6-8(15-2)11(16-3)9(10(7)13)12(14)4-5-12/h6,14H,4-5H2,1-3H3. The summed E-state index contributed by atoms with van der Waals surface area (Å²) in [7, 11) is 3.20. The van der Waals surface area contributed by atoms with Gasteiger partial charge in [-0.2, -0.15) is 0 Å². The summed E-state index contributed by atoms with van der Waals surface area (Å²) >= 11 is 3.52. The van der Waals surface area contributed by atoms with Crippen molar-refractivity contribution in [2.75, 3.05) is 14.2 Å². The number of hydrogen-bond donors (Lipinski definition) is 1. The molecule has 0 spiro atoms. The minimum absolute atomic E-state index is 0.625. The summed E-state index contributed by atoms with van der Waals surface area (Å²) in [6, 6.07) is 1.90. The Kier molecular flexibility index (Phi) is 2.88. The van der Waals surface area contributed by atoms with E-state index in [2.05, 4.69) is 15.9 Å². The minimum atomic E-state index is -0.747. The number of aliphatic hydroxyl groups is 1. The molecule has 1 fully saturated rings. The Hall–Kier alpha value is -0.740. The molecule has 2 rings (SSSR count). The van der Waals surface area contributed by atoms with Crippen molar-refractivity contribution in [3.63, 3.8) is 0 Å². The van der Waals surface area contributed by atoms with Gasteiger partial charge in [-0.3, -0.25) is 0 Å². The molecule has 0 saturated heterocycles. The third-order valence-corrected chi connectivity index (χ3v) is 4.00. The van der Waals surface area contributed by atoms with Gasteiger partial charge in [-0.25, -0.2) is 0 Å². The van der Waals surface area contributed by atoms with Crippen molar-refractivity contribution in [1.82, 2.24) is 0 Å². The molecule has 1 saturated carbocycles. The van der Waals surface area contributed by atoms with Crippen LogP contribution in [-0.2, 0) is 5.60 Å². The van der Waals surface area contributed by atoms with E-state index in [4.69, 9.17) is 9.47 Å². The van der Waals surface area contributed by atoms with Crippen LogP contribution in [0, 0.1) is 6.92 Å². The van der Waals surface area contributed by atoms with Crippen LogP contribution in [0.25, 0.3) is 0 Å². The second-order valence-electron chi connectivity index (χ2n) is 4.15. The van der Waals surface area contributed by atoms with Crippen LogP contribution in [0.2, 0.25) is 0 Å². The lowest BCUT2D eigenvalue weighted by atomic mass is 10.0. The van der Waals surface area contributed by atoms with Crippen molar-refractivity contribution >= 4 is 15.9 Å². The summed E-state index contributed by atoms with van der Waals surface area (Å²) in [6.45, 7) is 1.97. The van der Waals surface area contributed by atoms with Gasteiger partial charge in [0.15, 0.2) is 11.5 Å². The van der Waals surface area contributed by atoms with Crippen molar-refractivity contribution in [3.05, 3.63) is 21.7 Å². The fourth-order valence-corrected chi connectivity index (χ4v) is 2.55. The van der Waals surface area contributed by atoms with E-state index in [0.717, 1.165) is 28.4 Å². The molecule has 0 atom stereocenters. The molecule has 16 heavy (non-hydrogen) atoms. The monoisotopic (exact) mass is 286 g/mol. The molecule has 0 aromatic heterocycles. The molecule has 0 radical (unpaired) electrons. The van der Waals surface area contributed by atoms with E-state index in [-0.39, 0.29) is 0 Å². The van der Waals surface area contributed by atoms with Gasteiger partial charge in [-0.15, -0.1) is 0 Å². The molecule has 88 valence electrons. The Morgan fingerprint density at radius 1 is 1.31 bits per heavy atom. The van der Waals surface area contributed by atoms with Gasteiger partial charge in [0.05, 0.1) is 19.8 Å². The lowest BCUT2D eigenvalue weighted by molar-refractivity contribution is 0.145. The number of benzene rings is 1. The highest BCUT2D eigenvalue weighted by Gasteiger charge is 2.46. The predicted octanol–water partition coefficient (Wildman–Crippen LogP) is 2.76. The van der Waals surface area contributed by atoms with Crippen LogP contribution in [0.1, 0.15) is 24.0 Å². The average Bonchev–Trinajstić information content (AvgIpc) is 3.00. The first-order valence-electron chi connectivity index (χ1n) is 5.17. The number of aryl methyl sites for hydroxylation is 1. The molecular weight excluding hydrogens is 272 g/mol. The van der Waals surface area contributed by atoms with Crippen molar-refractivity contribution in [2.24, 2.45) is 0 Å². The molecule has 0 bridgehead atoms. The van der Waals surface area contributed by atoms with Gasteiger partial charge in [0.1, 0.15) is 0 Å². The highest BCUT2D eigenvalue weighted by molar-refractivity contribution is 9.10. The number of hydrogen-bond acceptors (Lipinski definition) is 3. The Bertz CT molecular complexity index is 425. The number of methoxy groups -OCH3 is 2. The molecule has 0 amide bonds. The van der Waals surface area contributed by atoms with Gasteiger partial charge < -0.3 is 14.6 Å². The molecular formula is C12H15BrO3. The van der Waals surface area contributed by atoms with Gasteiger partial charge in [0.25, 0.3) is 0 Å². The summed E-state index contributed by atoms with van der Waals surface area (Å²) in [5, 5.41) is 10.3. The Morgan fingerprint density at radius 2 is 1.94 bits per heavy atom. The van der Waals surface area contributed by atoms with Crippen LogP contribution < -0.4 is 9.47 Å². The highest BCUT2D eigenvalue weighted by Crippen LogP contribution is 2.54. The SMILES string of the molecule is COc1cc(C)c(Br)c(C2(O)CC2)c1OC. The Labute approximate surface area is 104 Å². The van der Waals surface area contributed by atoms with E-state index in [1.165, 1.54) is 0 Å². The first kappa shape index (κ1) is 11.7. The summed E-state index contributed by atoms with van der Waals surface area (Å²) in [4.78, 5) is 0. The zero-order chi connectivity index (χ0) is 11.9. The predicted molar refractivity (Wildman–Crippen MR) is 65.1 cm³/mol. The molecule has 4 heteroatoms. The molecule has 0 unspecified atom stereocenters. The Morgan fingerprint density at radius 3 is 2.38 bits per heavy atom. The summed E-state index contributed by atoms with van der Waals surface area (Å²) in [6.07, 6.45) is 1.54. The fraction of sp³-hybridized carbons (Fsp3) is 0.500. The molecule has 1 aliphatic rings. The van der Waals surface area contributed by atoms with Gasteiger partial charge in [0, 0.05) is 10.0 Å². The van der Waals surface area contributed by atoms with Gasteiger partial charge >= 0.3 is 0 Å². The lowest BCUT2D eigenvalue weighted by Gasteiger charge is -2.19. The quantitative estimate of drug-likeness (QED) is 0.929. The van der Waals surface area contributed by atoms with Crippen LogP contribution >= 0.6 is 15.9 Å².